The summed E-state index contributed by atoms with van der Waals surface area (Å²) in [6.07, 6.45) is 3.45. The van der Waals surface area contributed by atoms with Gasteiger partial charge in [-0.3, -0.25) is 14.8 Å². The zero-order valence-corrected chi connectivity index (χ0v) is 18.7. The number of nitrogens with zero attached hydrogens (tertiary/aromatic N) is 4. The monoisotopic (exact) mass is 477 g/mol. The van der Waals surface area contributed by atoms with Crippen LogP contribution in [0.3, 0.4) is 0 Å². The van der Waals surface area contributed by atoms with Crippen molar-refractivity contribution in [3.05, 3.63) is 63.0 Å². The van der Waals surface area contributed by atoms with Gasteiger partial charge in [0.05, 0.1) is 21.1 Å². The third-order valence-electron chi connectivity index (χ3n) is 5.76. The molecule has 12 heteroatoms. The SMILES string of the molecule is Cc1cc([N+](=O)[O-])cc(S(=O)(=O)Nc2cc(-c3nnc4n3CCCCC4)c(F)cc2F)c1C. The number of nitrogens with one attached hydrogen (secondary N) is 1. The summed E-state index contributed by atoms with van der Waals surface area (Å²) in [5, 5.41) is 19.3. The standard InChI is InChI=1S/C21H21F2N5O4S/c1-12-8-14(28(29)30)9-19(13(12)2)33(31,32)26-18-10-15(16(22)11-17(18)23)21-25-24-20-6-4-3-5-7-27(20)21/h8-11,26H,3-7H2,1-2H3. The number of hydrogen-bond acceptors (Lipinski definition) is 6. The molecule has 0 aliphatic carbocycles. The molecular weight excluding hydrogens is 456 g/mol. The molecule has 1 aromatic heterocycles. The Kier molecular flexibility index (Phi) is 5.87. The van der Waals surface area contributed by atoms with Crippen molar-refractivity contribution < 1.29 is 22.1 Å². The normalized spacial score (nSPS) is 13.9. The van der Waals surface area contributed by atoms with E-state index in [-0.39, 0.29) is 21.8 Å². The molecule has 2 heterocycles. The van der Waals surface area contributed by atoms with Crippen LogP contribution in [0, 0.1) is 35.6 Å². The van der Waals surface area contributed by atoms with Crippen LogP contribution >= 0.6 is 0 Å². The first-order valence-corrected chi connectivity index (χ1v) is 11.8. The number of fused-ring (bicyclic) bond motifs is 1. The molecule has 33 heavy (non-hydrogen) atoms. The van der Waals surface area contributed by atoms with Gasteiger partial charge in [-0.25, -0.2) is 17.2 Å². The number of nitro benzene ring substituents is 1. The van der Waals surface area contributed by atoms with Crippen LogP contribution in [-0.4, -0.2) is 28.1 Å². The number of halogens is 2. The molecule has 1 aliphatic heterocycles. The van der Waals surface area contributed by atoms with Gasteiger partial charge >= 0.3 is 0 Å². The van der Waals surface area contributed by atoms with E-state index in [1.165, 1.54) is 19.9 Å². The van der Waals surface area contributed by atoms with Gasteiger partial charge in [0, 0.05) is 31.2 Å². The summed E-state index contributed by atoms with van der Waals surface area (Å²) in [6, 6.07) is 3.77. The molecule has 0 radical (unpaired) electrons. The van der Waals surface area contributed by atoms with E-state index in [9.17, 15) is 27.3 Å². The molecule has 1 N–H and O–H groups in total. The molecule has 0 unspecified atom stereocenters. The highest BCUT2D eigenvalue weighted by Gasteiger charge is 2.26. The average Bonchev–Trinajstić information content (AvgIpc) is 2.98. The van der Waals surface area contributed by atoms with Gasteiger partial charge in [-0.05, 0) is 43.9 Å². The molecule has 0 fully saturated rings. The van der Waals surface area contributed by atoms with Crippen LogP contribution in [0.4, 0.5) is 20.2 Å². The van der Waals surface area contributed by atoms with Gasteiger partial charge in [0.1, 0.15) is 17.5 Å². The van der Waals surface area contributed by atoms with Crippen LogP contribution < -0.4 is 4.72 Å². The van der Waals surface area contributed by atoms with Crippen molar-refractivity contribution in [3.63, 3.8) is 0 Å². The van der Waals surface area contributed by atoms with Crippen molar-refractivity contribution in [2.24, 2.45) is 0 Å². The van der Waals surface area contributed by atoms with Crippen molar-refractivity contribution in [2.75, 3.05) is 4.72 Å². The second kappa shape index (κ2) is 8.50. The Balaban J connectivity index is 1.78. The molecule has 2 aromatic carbocycles. The van der Waals surface area contributed by atoms with Gasteiger partial charge in [0.2, 0.25) is 0 Å². The lowest BCUT2D eigenvalue weighted by Gasteiger charge is -2.14. The lowest BCUT2D eigenvalue weighted by atomic mass is 10.1. The van der Waals surface area contributed by atoms with Gasteiger partial charge in [-0.2, -0.15) is 0 Å². The number of benzene rings is 2. The number of nitro groups is 1. The van der Waals surface area contributed by atoms with E-state index in [4.69, 9.17) is 0 Å². The Bertz CT molecular complexity index is 1370. The summed E-state index contributed by atoms with van der Waals surface area (Å²) in [5.74, 6) is -1.16. The maximum Gasteiger partial charge on any atom is 0.271 e. The minimum atomic E-state index is -4.43. The molecule has 0 atom stereocenters. The topological polar surface area (TPSA) is 120 Å². The van der Waals surface area contributed by atoms with E-state index in [0.717, 1.165) is 31.4 Å². The number of aryl methyl sites for hydroxylation is 2. The summed E-state index contributed by atoms with van der Waals surface area (Å²) in [5.41, 5.74) is -0.345. The van der Waals surface area contributed by atoms with Crippen LogP contribution in [0.2, 0.25) is 0 Å². The predicted molar refractivity (Wildman–Crippen MR) is 116 cm³/mol. The summed E-state index contributed by atoms with van der Waals surface area (Å²) in [4.78, 5) is 10.1. The van der Waals surface area contributed by atoms with E-state index in [1.54, 1.807) is 4.57 Å². The van der Waals surface area contributed by atoms with Crippen molar-refractivity contribution in [2.45, 2.75) is 51.0 Å². The molecule has 0 bridgehead atoms. The summed E-state index contributed by atoms with van der Waals surface area (Å²) >= 11 is 0. The third-order valence-corrected chi connectivity index (χ3v) is 7.25. The lowest BCUT2D eigenvalue weighted by Crippen LogP contribution is -2.16. The van der Waals surface area contributed by atoms with E-state index in [1.807, 2.05) is 0 Å². The van der Waals surface area contributed by atoms with Crippen LogP contribution in [0.25, 0.3) is 11.4 Å². The fraction of sp³-hybridized carbons (Fsp3) is 0.333. The fourth-order valence-electron chi connectivity index (χ4n) is 3.88. The zero-order chi connectivity index (χ0) is 23.9. The van der Waals surface area contributed by atoms with Gasteiger partial charge in [0.25, 0.3) is 15.7 Å². The fourth-order valence-corrected chi connectivity index (χ4v) is 5.27. The minimum Gasteiger partial charge on any atom is -0.311 e. The largest absolute Gasteiger partial charge is 0.311 e. The lowest BCUT2D eigenvalue weighted by molar-refractivity contribution is -0.385. The second-order valence-electron chi connectivity index (χ2n) is 7.96. The summed E-state index contributed by atoms with van der Waals surface area (Å²) < 4.78 is 59.2. The average molecular weight is 477 g/mol. The number of sulfonamides is 1. The maximum atomic E-state index is 14.7. The zero-order valence-electron chi connectivity index (χ0n) is 17.9. The Hall–Kier alpha value is -3.41. The predicted octanol–water partition coefficient (Wildman–Crippen LogP) is 4.28. The Labute approximate surface area is 188 Å². The quantitative estimate of drug-likeness (QED) is 0.433. The summed E-state index contributed by atoms with van der Waals surface area (Å²) in [7, 11) is -4.43. The highest BCUT2D eigenvalue weighted by Crippen LogP contribution is 2.32. The molecule has 0 amide bonds. The van der Waals surface area contributed by atoms with Crippen molar-refractivity contribution >= 4 is 21.4 Å². The van der Waals surface area contributed by atoms with Gasteiger partial charge in [-0.1, -0.05) is 6.42 Å². The first-order valence-electron chi connectivity index (χ1n) is 10.3. The number of non-ortho nitro benzene ring substituents is 1. The van der Waals surface area contributed by atoms with E-state index in [2.05, 4.69) is 14.9 Å². The molecule has 0 spiro atoms. The van der Waals surface area contributed by atoms with Crippen molar-refractivity contribution in [3.8, 4) is 11.4 Å². The molecular formula is C21H21F2N5O4S. The first kappa shape index (κ1) is 22.8. The molecule has 9 nitrogen and oxygen atoms in total. The number of rotatable bonds is 5. The molecule has 1 aliphatic rings. The Morgan fingerprint density at radius 3 is 2.55 bits per heavy atom. The molecule has 4 rings (SSSR count). The van der Waals surface area contributed by atoms with Gasteiger partial charge in [-0.15, -0.1) is 10.2 Å². The number of hydrogen-bond donors (Lipinski definition) is 1. The Morgan fingerprint density at radius 1 is 1.06 bits per heavy atom. The number of anilines is 1. The van der Waals surface area contributed by atoms with Crippen LogP contribution in [0.5, 0.6) is 0 Å². The highest BCUT2D eigenvalue weighted by molar-refractivity contribution is 7.92. The van der Waals surface area contributed by atoms with E-state index >= 15 is 0 Å². The number of aromatic nitrogens is 3. The van der Waals surface area contributed by atoms with Crippen molar-refractivity contribution in [1.29, 1.82) is 0 Å². The second-order valence-corrected chi connectivity index (χ2v) is 9.61. The first-order chi connectivity index (χ1) is 15.6. The maximum absolute atomic E-state index is 14.7. The van der Waals surface area contributed by atoms with Crippen LogP contribution in [0.1, 0.15) is 36.2 Å². The van der Waals surface area contributed by atoms with Gasteiger partial charge < -0.3 is 4.57 Å². The summed E-state index contributed by atoms with van der Waals surface area (Å²) in [6.45, 7) is 3.60. The molecule has 174 valence electrons. The Morgan fingerprint density at radius 2 is 1.82 bits per heavy atom. The molecule has 0 saturated carbocycles. The molecule has 3 aromatic rings. The smallest absolute Gasteiger partial charge is 0.271 e. The van der Waals surface area contributed by atoms with Crippen molar-refractivity contribution in [1.82, 2.24) is 14.8 Å². The minimum absolute atomic E-state index is 0.0957. The third kappa shape index (κ3) is 4.30. The molecule has 0 saturated heterocycles. The van der Waals surface area contributed by atoms with E-state index < -0.39 is 38.0 Å². The van der Waals surface area contributed by atoms with Gasteiger partial charge in [0.15, 0.2) is 5.82 Å². The van der Waals surface area contributed by atoms with Crippen LogP contribution in [0.15, 0.2) is 29.2 Å². The highest BCUT2D eigenvalue weighted by atomic mass is 32.2. The van der Waals surface area contributed by atoms with E-state index in [0.29, 0.717) is 30.4 Å². The van der Waals surface area contributed by atoms with Crippen LogP contribution in [-0.2, 0) is 23.0 Å².